The Hall–Kier alpha value is -3.01. The highest BCUT2D eigenvalue weighted by Gasteiger charge is 2.43. The number of rotatable bonds is 3. The molecule has 1 fully saturated rings. The summed E-state index contributed by atoms with van der Waals surface area (Å²) < 4.78 is 0. The van der Waals surface area contributed by atoms with E-state index in [-0.39, 0.29) is 30.1 Å². The molecule has 2 atom stereocenters. The van der Waals surface area contributed by atoms with Crippen molar-refractivity contribution in [3.05, 3.63) is 72.3 Å². The number of aromatic nitrogens is 1. The van der Waals surface area contributed by atoms with Crippen LogP contribution in [-0.4, -0.2) is 16.8 Å². The predicted molar refractivity (Wildman–Crippen MR) is 97.2 cm³/mol. The van der Waals surface area contributed by atoms with Crippen LogP contribution in [0.1, 0.15) is 24.8 Å². The van der Waals surface area contributed by atoms with Crippen LogP contribution in [0.3, 0.4) is 0 Å². The number of carbonyl (C=O) groups is 2. The summed E-state index contributed by atoms with van der Waals surface area (Å²) in [7, 11) is 0. The van der Waals surface area contributed by atoms with Crippen LogP contribution in [0.25, 0.3) is 10.9 Å². The third kappa shape index (κ3) is 2.70. The quantitative estimate of drug-likeness (QED) is 0.684. The van der Waals surface area contributed by atoms with Crippen LogP contribution in [-0.2, 0) is 9.59 Å². The van der Waals surface area contributed by atoms with Gasteiger partial charge in [0.1, 0.15) is 5.82 Å². The normalized spacial score (nSPS) is 18.8. The lowest BCUT2D eigenvalue weighted by molar-refractivity contribution is -0.122. The number of amides is 2. The molecular formula is C21H18N2O2. The van der Waals surface area contributed by atoms with E-state index in [2.05, 4.69) is 4.98 Å². The number of para-hydroxylation sites is 1. The molecule has 2 heterocycles. The first-order valence-electron chi connectivity index (χ1n) is 8.42. The van der Waals surface area contributed by atoms with E-state index in [4.69, 9.17) is 0 Å². The molecule has 0 saturated carbocycles. The molecule has 0 spiro atoms. The van der Waals surface area contributed by atoms with Crippen molar-refractivity contribution >= 4 is 28.5 Å². The Morgan fingerprint density at radius 1 is 0.960 bits per heavy atom. The Kier molecular flexibility index (Phi) is 3.80. The van der Waals surface area contributed by atoms with Gasteiger partial charge in [0, 0.05) is 11.8 Å². The average Bonchev–Trinajstić information content (AvgIpc) is 2.95. The van der Waals surface area contributed by atoms with E-state index in [0.29, 0.717) is 5.82 Å². The third-order valence-corrected chi connectivity index (χ3v) is 4.92. The maximum absolute atomic E-state index is 12.9. The lowest BCUT2D eigenvalue weighted by Gasteiger charge is -2.19. The molecule has 2 amide bonds. The van der Waals surface area contributed by atoms with E-state index in [1.54, 1.807) is 6.07 Å². The van der Waals surface area contributed by atoms with Crippen molar-refractivity contribution in [2.75, 3.05) is 4.90 Å². The second kappa shape index (κ2) is 6.13. The largest absolute Gasteiger partial charge is 0.274 e. The van der Waals surface area contributed by atoms with Crippen molar-refractivity contribution in [1.29, 1.82) is 0 Å². The van der Waals surface area contributed by atoms with Crippen LogP contribution < -0.4 is 4.90 Å². The molecule has 0 bridgehead atoms. The summed E-state index contributed by atoms with van der Waals surface area (Å²) in [5.41, 5.74) is 1.85. The third-order valence-electron chi connectivity index (χ3n) is 4.92. The summed E-state index contributed by atoms with van der Waals surface area (Å²) in [6.45, 7) is 2.00. The maximum atomic E-state index is 12.9. The molecule has 1 aliphatic heterocycles. The van der Waals surface area contributed by atoms with Gasteiger partial charge in [0.25, 0.3) is 0 Å². The molecule has 1 aromatic heterocycles. The lowest BCUT2D eigenvalue weighted by Crippen LogP contribution is -2.32. The van der Waals surface area contributed by atoms with Crippen molar-refractivity contribution in [2.45, 2.75) is 19.3 Å². The molecule has 25 heavy (non-hydrogen) atoms. The van der Waals surface area contributed by atoms with Crippen LogP contribution in [0.15, 0.2) is 66.7 Å². The number of imide groups is 1. The molecule has 3 aromatic rings. The average molecular weight is 330 g/mol. The number of fused-ring (bicyclic) bond motifs is 1. The number of benzene rings is 2. The number of hydrogen-bond donors (Lipinski definition) is 0. The van der Waals surface area contributed by atoms with Gasteiger partial charge in [-0.3, -0.25) is 9.59 Å². The monoisotopic (exact) mass is 330 g/mol. The van der Waals surface area contributed by atoms with Gasteiger partial charge in [-0.2, -0.15) is 0 Å². The van der Waals surface area contributed by atoms with Gasteiger partial charge in [-0.15, -0.1) is 0 Å². The molecule has 4 rings (SSSR count). The summed E-state index contributed by atoms with van der Waals surface area (Å²) in [5, 5.41) is 0.986. The van der Waals surface area contributed by atoms with E-state index >= 15 is 0 Å². The Balaban J connectivity index is 1.66. The fourth-order valence-electron chi connectivity index (χ4n) is 3.46. The summed E-state index contributed by atoms with van der Waals surface area (Å²) in [6.07, 6.45) is 0.226. The Labute approximate surface area is 146 Å². The molecule has 0 unspecified atom stereocenters. The minimum absolute atomic E-state index is 0.0110. The van der Waals surface area contributed by atoms with E-state index < -0.39 is 0 Å². The minimum atomic E-state index is -0.344. The first-order valence-corrected chi connectivity index (χ1v) is 8.42. The van der Waals surface area contributed by atoms with Crippen molar-refractivity contribution in [3.63, 3.8) is 0 Å². The molecule has 0 aliphatic carbocycles. The van der Waals surface area contributed by atoms with Gasteiger partial charge in [0.05, 0.1) is 11.4 Å². The SMILES string of the molecule is C[C@@H](c1ccccc1)[C@H]1CC(=O)N(c2ccc3ccccc3n2)C1=O. The fourth-order valence-corrected chi connectivity index (χ4v) is 3.46. The molecule has 2 aromatic carbocycles. The summed E-state index contributed by atoms with van der Waals surface area (Å²) in [5.74, 6) is -0.285. The van der Waals surface area contributed by atoms with Crippen molar-refractivity contribution in [1.82, 2.24) is 4.98 Å². The van der Waals surface area contributed by atoms with Gasteiger partial charge in [-0.25, -0.2) is 9.88 Å². The standard InChI is InChI=1S/C21H18N2O2/c1-14(15-7-3-2-4-8-15)17-13-20(24)23(21(17)25)19-12-11-16-9-5-6-10-18(16)22-19/h2-12,14,17H,13H2,1H3/t14-,17+/m0/s1. The maximum Gasteiger partial charge on any atom is 0.239 e. The first-order chi connectivity index (χ1) is 12.1. The van der Waals surface area contributed by atoms with Gasteiger partial charge in [-0.05, 0) is 29.7 Å². The van der Waals surface area contributed by atoms with Crippen LogP contribution in [0.5, 0.6) is 0 Å². The van der Waals surface area contributed by atoms with Gasteiger partial charge in [0.2, 0.25) is 11.8 Å². The van der Waals surface area contributed by atoms with Gasteiger partial charge >= 0.3 is 0 Å². The van der Waals surface area contributed by atoms with Crippen molar-refractivity contribution < 1.29 is 9.59 Å². The van der Waals surface area contributed by atoms with Crippen LogP contribution in [0.4, 0.5) is 5.82 Å². The molecule has 0 radical (unpaired) electrons. The van der Waals surface area contributed by atoms with Gasteiger partial charge < -0.3 is 0 Å². The topological polar surface area (TPSA) is 50.3 Å². The Bertz CT molecular complexity index is 952. The molecule has 0 N–H and O–H groups in total. The van der Waals surface area contributed by atoms with Crippen LogP contribution in [0, 0.1) is 5.92 Å². The highest BCUT2D eigenvalue weighted by Crippen LogP contribution is 2.35. The molecule has 1 aliphatic rings. The van der Waals surface area contributed by atoms with E-state index in [1.807, 2.05) is 67.6 Å². The molecule has 1 saturated heterocycles. The highest BCUT2D eigenvalue weighted by molar-refractivity contribution is 6.20. The number of carbonyl (C=O) groups excluding carboxylic acids is 2. The Morgan fingerprint density at radius 2 is 1.68 bits per heavy atom. The molecular weight excluding hydrogens is 312 g/mol. The molecule has 4 heteroatoms. The van der Waals surface area contributed by atoms with Crippen LogP contribution >= 0.6 is 0 Å². The summed E-state index contributed by atoms with van der Waals surface area (Å²) >= 11 is 0. The lowest BCUT2D eigenvalue weighted by atomic mass is 9.86. The molecule has 124 valence electrons. The number of anilines is 1. The zero-order chi connectivity index (χ0) is 17.4. The zero-order valence-electron chi connectivity index (χ0n) is 13.9. The van der Waals surface area contributed by atoms with Crippen LogP contribution in [0.2, 0.25) is 0 Å². The second-order valence-corrected chi connectivity index (χ2v) is 6.44. The Morgan fingerprint density at radius 3 is 2.48 bits per heavy atom. The van der Waals surface area contributed by atoms with Crippen molar-refractivity contribution in [3.8, 4) is 0 Å². The number of pyridine rings is 1. The first kappa shape index (κ1) is 15.5. The van der Waals surface area contributed by atoms with E-state index in [1.165, 1.54) is 4.90 Å². The smallest absolute Gasteiger partial charge is 0.239 e. The fraction of sp³-hybridized carbons (Fsp3) is 0.190. The van der Waals surface area contributed by atoms with Crippen molar-refractivity contribution in [2.24, 2.45) is 5.92 Å². The number of hydrogen-bond acceptors (Lipinski definition) is 3. The zero-order valence-corrected chi connectivity index (χ0v) is 13.9. The predicted octanol–water partition coefficient (Wildman–Crippen LogP) is 3.92. The minimum Gasteiger partial charge on any atom is -0.274 e. The highest BCUT2D eigenvalue weighted by atomic mass is 16.2. The van der Waals surface area contributed by atoms with Gasteiger partial charge in [-0.1, -0.05) is 55.5 Å². The summed E-state index contributed by atoms with van der Waals surface area (Å²) in [4.78, 5) is 31.2. The molecule has 4 nitrogen and oxygen atoms in total. The van der Waals surface area contributed by atoms with E-state index in [9.17, 15) is 9.59 Å². The second-order valence-electron chi connectivity index (χ2n) is 6.44. The number of nitrogens with zero attached hydrogens (tertiary/aromatic N) is 2. The van der Waals surface area contributed by atoms with E-state index in [0.717, 1.165) is 16.5 Å². The summed E-state index contributed by atoms with van der Waals surface area (Å²) in [6, 6.07) is 21.2. The van der Waals surface area contributed by atoms with Gasteiger partial charge in [0.15, 0.2) is 0 Å².